The molecule has 1 unspecified atom stereocenters. The Bertz CT molecular complexity index is 495. The SMILES string of the molecule is CCCNC(=O)N1CCCC(Oc2nccnc2N(C)C)C1. The molecular formula is C15H25N5O2. The van der Waals surface area contributed by atoms with Crippen molar-refractivity contribution in [2.45, 2.75) is 32.3 Å². The fourth-order valence-corrected chi connectivity index (χ4v) is 2.43. The third-order valence-electron chi connectivity index (χ3n) is 3.54. The lowest BCUT2D eigenvalue weighted by molar-refractivity contribution is 0.0980. The van der Waals surface area contributed by atoms with Crippen molar-refractivity contribution in [1.82, 2.24) is 20.2 Å². The molecule has 0 aromatic carbocycles. The predicted molar refractivity (Wildman–Crippen MR) is 85.3 cm³/mol. The molecule has 1 fully saturated rings. The number of ether oxygens (including phenoxy) is 1. The summed E-state index contributed by atoms with van der Waals surface area (Å²) in [6.07, 6.45) is 6.01. The van der Waals surface area contributed by atoms with E-state index in [2.05, 4.69) is 15.3 Å². The molecule has 2 rings (SSSR count). The molecule has 7 nitrogen and oxygen atoms in total. The number of amides is 2. The van der Waals surface area contributed by atoms with Gasteiger partial charge in [0.05, 0.1) is 6.54 Å². The first-order valence-electron chi connectivity index (χ1n) is 7.79. The van der Waals surface area contributed by atoms with Crippen molar-refractivity contribution in [1.29, 1.82) is 0 Å². The van der Waals surface area contributed by atoms with Gasteiger partial charge in [-0.1, -0.05) is 6.92 Å². The van der Waals surface area contributed by atoms with E-state index in [4.69, 9.17) is 4.74 Å². The fraction of sp³-hybridized carbons (Fsp3) is 0.667. The second-order valence-electron chi connectivity index (χ2n) is 5.64. The van der Waals surface area contributed by atoms with Gasteiger partial charge in [0.1, 0.15) is 6.10 Å². The highest BCUT2D eigenvalue weighted by molar-refractivity contribution is 5.74. The van der Waals surface area contributed by atoms with Crippen LogP contribution in [0.25, 0.3) is 0 Å². The van der Waals surface area contributed by atoms with Crippen LogP contribution in [0, 0.1) is 0 Å². The van der Waals surface area contributed by atoms with E-state index in [0.717, 1.165) is 25.8 Å². The van der Waals surface area contributed by atoms with Crippen LogP contribution in [-0.2, 0) is 0 Å². The van der Waals surface area contributed by atoms with Crippen molar-refractivity contribution in [3.63, 3.8) is 0 Å². The lowest BCUT2D eigenvalue weighted by Crippen LogP contribution is -2.48. The smallest absolute Gasteiger partial charge is 0.317 e. The lowest BCUT2D eigenvalue weighted by atomic mass is 10.1. The van der Waals surface area contributed by atoms with Gasteiger partial charge in [0.25, 0.3) is 5.88 Å². The number of piperidine rings is 1. The number of urea groups is 1. The van der Waals surface area contributed by atoms with Crippen LogP contribution in [0.2, 0.25) is 0 Å². The Hall–Kier alpha value is -2.05. The summed E-state index contributed by atoms with van der Waals surface area (Å²) < 4.78 is 6.00. The standard InChI is InChI=1S/C15H25N5O2/c1-4-7-18-15(21)20-10-5-6-12(11-20)22-14-13(19(2)3)16-8-9-17-14/h8-9,12H,4-7,10-11H2,1-3H3,(H,18,21). The van der Waals surface area contributed by atoms with E-state index in [1.54, 1.807) is 12.4 Å². The zero-order valence-corrected chi connectivity index (χ0v) is 13.6. The first-order valence-corrected chi connectivity index (χ1v) is 7.79. The summed E-state index contributed by atoms with van der Waals surface area (Å²) in [6.45, 7) is 4.10. The molecule has 1 aliphatic heterocycles. The Balaban J connectivity index is 1.97. The van der Waals surface area contributed by atoms with Gasteiger partial charge in [-0.25, -0.2) is 14.8 Å². The molecule has 1 saturated heterocycles. The molecule has 122 valence electrons. The summed E-state index contributed by atoms with van der Waals surface area (Å²) in [5.74, 6) is 1.23. The summed E-state index contributed by atoms with van der Waals surface area (Å²) in [6, 6.07) is -0.0119. The van der Waals surface area contributed by atoms with Crippen molar-refractivity contribution in [3.05, 3.63) is 12.4 Å². The quantitative estimate of drug-likeness (QED) is 0.893. The van der Waals surface area contributed by atoms with E-state index in [0.29, 0.717) is 24.8 Å². The molecule has 1 aliphatic rings. The maximum Gasteiger partial charge on any atom is 0.317 e. The Labute approximate surface area is 131 Å². The number of anilines is 1. The summed E-state index contributed by atoms with van der Waals surface area (Å²) in [5.41, 5.74) is 0. The highest BCUT2D eigenvalue weighted by Crippen LogP contribution is 2.24. The number of aromatic nitrogens is 2. The van der Waals surface area contributed by atoms with Gasteiger partial charge in [0, 0.05) is 39.6 Å². The molecule has 0 bridgehead atoms. The average Bonchev–Trinajstić information content (AvgIpc) is 2.53. The molecule has 1 N–H and O–H groups in total. The minimum Gasteiger partial charge on any atom is -0.470 e. The van der Waals surface area contributed by atoms with Crippen LogP contribution < -0.4 is 15.0 Å². The van der Waals surface area contributed by atoms with E-state index in [-0.39, 0.29) is 12.1 Å². The van der Waals surface area contributed by atoms with Crippen molar-refractivity contribution in [2.24, 2.45) is 0 Å². The Morgan fingerprint density at radius 1 is 1.45 bits per heavy atom. The molecule has 0 spiro atoms. The highest BCUT2D eigenvalue weighted by atomic mass is 16.5. The number of nitrogens with zero attached hydrogens (tertiary/aromatic N) is 4. The van der Waals surface area contributed by atoms with E-state index >= 15 is 0 Å². The van der Waals surface area contributed by atoms with Gasteiger partial charge >= 0.3 is 6.03 Å². The minimum absolute atomic E-state index is 0.0119. The van der Waals surface area contributed by atoms with Gasteiger partial charge < -0.3 is 19.9 Å². The minimum atomic E-state index is -0.0449. The molecular weight excluding hydrogens is 282 g/mol. The summed E-state index contributed by atoms with van der Waals surface area (Å²) in [7, 11) is 3.81. The lowest BCUT2D eigenvalue weighted by Gasteiger charge is -2.33. The van der Waals surface area contributed by atoms with E-state index in [1.165, 1.54) is 0 Å². The molecule has 1 aromatic heterocycles. The molecule has 2 amide bonds. The van der Waals surface area contributed by atoms with Crippen molar-refractivity contribution < 1.29 is 9.53 Å². The molecule has 0 radical (unpaired) electrons. The average molecular weight is 307 g/mol. The fourth-order valence-electron chi connectivity index (χ4n) is 2.43. The van der Waals surface area contributed by atoms with Gasteiger partial charge in [-0.2, -0.15) is 0 Å². The van der Waals surface area contributed by atoms with E-state index < -0.39 is 0 Å². The molecule has 2 heterocycles. The van der Waals surface area contributed by atoms with Crippen molar-refractivity contribution in [2.75, 3.05) is 38.6 Å². The number of likely N-dealkylation sites (tertiary alicyclic amines) is 1. The largest absolute Gasteiger partial charge is 0.470 e. The van der Waals surface area contributed by atoms with E-state index in [1.807, 2.05) is 30.8 Å². The highest BCUT2D eigenvalue weighted by Gasteiger charge is 2.26. The maximum atomic E-state index is 12.1. The number of carbonyl (C=O) groups is 1. The van der Waals surface area contributed by atoms with Crippen LogP contribution in [0.3, 0.4) is 0 Å². The van der Waals surface area contributed by atoms with Gasteiger partial charge in [-0.05, 0) is 19.3 Å². The summed E-state index contributed by atoms with van der Waals surface area (Å²) >= 11 is 0. The zero-order valence-electron chi connectivity index (χ0n) is 13.6. The van der Waals surface area contributed by atoms with E-state index in [9.17, 15) is 4.79 Å². The third kappa shape index (κ3) is 4.22. The van der Waals surface area contributed by atoms with Crippen molar-refractivity contribution >= 4 is 11.8 Å². The number of nitrogens with one attached hydrogen (secondary N) is 1. The first kappa shape index (κ1) is 16.3. The molecule has 1 aromatic rings. The Morgan fingerprint density at radius 2 is 2.23 bits per heavy atom. The predicted octanol–water partition coefficient (Wildman–Crippen LogP) is 1.51. The van der Waals surface area contributed by atoms with Gasteiger partial charge in [0.15, 0.2) is 5.82 Å². The Kier molecular flexibility index (Phi) is 5.80. The summed E-state index contributed by atoms with van der Waals surface area (Å²) in [5, 5.41) is 2.91. The second kappa shape index (κ2) is 7.82. The monoisotopic (exact) mass is 307 g/mol. The van der Waals surface area contributed by atoms with Crippen LogP contribution in [0.1, 0.15) is 26.2 Å². The van der Waals surface area contributed by atoms with Crippen LogP contribution in [0.5, 0.6) is 5.88 Å². The molecule has 0 aliphatic carbocycles. The molecule has 0 saturated carbocycles. The molecule has 22 heavy (non-hydrogen) atoms. The number of hydrogen-bond donors (Lipinski definition) is 1. The van der Waals surface area contributed by atoms with Crippen LogP contribution in [0.4, 0.5) is 10.6 Å². The van der Waals surface area contributed by atoms with Gasteiger partial charge in [0.2, 0.25) is 0 Å². The number of hydrogen-bond acceptors (Lipinski definition) is 5. The Morgan fingerprint density at radius 3 is 2.95 bits per heavy atom. The second-order valence-corrected chi connectivity index (χ2v) is 5.64. The number of rotatable bonds is 5. The van der Waals surface area contributed by atoms with Gasteiger partial charge in [-0.3, -0.25) is 0 Å². The number of carbonyl (C=O) groups excluding carboxylic acids is 1. The van der Waals surface area contributed by atoms with Crippen LogP contribution in [0.15, 0.2) is 12.4 Å². The first-order chi connectivity index (χ1) is 10.6. The zero-order chi connectivity index (χ0) is 15.9. The van der Waals surface area contributed by atoms with Gasteiger partial charge in [-0.15, -0.1) is 0 Å². The molecule has 7 heteroatoms. The van der Waals surface area contributed by atoms with Crippen LogP contribution >= 0.6 is 0 Å². The normalized spacial score (nSPS) is 18.0. The maximum absolute atomic E-state index is 12.1. The van der Waals surface area contributed by atoms with Crippen molar-refractivity contribution in [3.8, 4) is 5.88 Å². The molecule has 1 atom stereocenters. The van der Waals surface area contributed by atoms with Crippen LogP contribution in [-0.4, -0.2) is 60.7 Å². The third-order valence-corrected chi connectivity index (χ3v) is 3.54. The topological polar surface area (TPSA) is 70.6 Å². The summed E-state index contributed by atoms with van der Waals surface area (Å²) in [4.78, 5) is 24.3.